The van der Waals surface area contributed by atoms with Crippen molar-refractivity contribution >= 4 is 40.8 Å². The normalized spacial score (nSPS) is 30.1. The minimum Gasteiger partial charge on any atom is -0.507 e. The molecule has 2 amide bonds. The number of nitrogens with one attached hydrogen (secondary N) is 2. The van der Waals surface area contributed by atoms with Crippen LogP contribution in [-0.4, -0.2) is 128 Å². The van der Waals surface area contributed by atoms with Crippen LogP contribution in [-0.2, 0) is 23.9 Å². The van der Waals surface area contributed by atoms with E-state index < -0.39 is 95.0 Å². The van der Waals surface area contributed by atoms with E-state index in [4.69, 9.17) is 19.2 Å². The number of phenols is 1. The van der Waals surface area contributed by atoms with Gasteiger partial charge in [0.15, 0.2) is 5.78 Å². The summed E-state index contributed by atoms with van der Waals surface area (Å²) in [6.45, 7) is 18.7. The Hall–Kier alpha value is -6.43. The zero-order valence-corrected chi connectivity index (χ0v) is 44.6. The molecular weight excluding hydrogens is 959 g/mol. The summed E-state index contributed by atoms with van der Waals surface area (Å²) < 4.78 is 18.6. The van der Waals surface area contributed by atoms with Gasteiger partial charge < -0.3 is 50.0 Å². The number of phenolic OH excluding ortho intramolecular Hbond substituents is 1. The summed E-state index contributed by atoms with van der Waals surface area (Å²) >= 11 is 0. The highest BCUT2D eigenvalue weighted by Gasteiger charge is 2.54. The molecule has 2 saturated heterocycles. The van der Waals surface area contributed by atoms with Crippen LogP contribution in [0.25, 0.3) is 0 Å². The number of aromatic hydroxyl groups is 1. The molecule has 402 valence electrons. The number of carbonyl (C=O) groups excluding carboxylic acids is 6. The number of allylic oxidation sites excluding steroid dienone is 5. The van der Waals surface area contributed by atoms with Crippen LogP contribution in [0.15, 0.2) is 82.9 Å². The van der Waals surface area contributed by atoms with Crippen molar-refractivity contribution in [2.24, 2.45) is 40.5 Å². The van der Waals surface area contributed by atoms with Crippen molar-refractivity contribution in [3.05, 3.63) is 106 Å². The van der Waals surface area contributed by atoms with Crippen molar-refractivity contribution in [2.75, 3.05) is 32.7 Å². The molecule has 2 fully saturated rings. The first-order chi connectivity index (χ1) is 35.5. The Morgan fingerprint density at radius 1 is 0.907 bits per heavy atom. The second-order valence-corrected chi connectivity index (χ2v) is 22.2. The van der Waals surface area contributed by atoms with Gasteiger partial charge in [-0.1, -0.05) is 90.1 Å². The van der Waals surface area contributed by atoms with E-state index in [-0.39, 0.29) is 68.8 Å². The first-order valence-corrected chi connectivity index (χ1v) is 26.5. The lowest BCUT2D eigenvalue weighted by Gasteiger charge is -2.38. The number of amides is 2. The number of Topliss-reactive ketones (excluding diaryl/α,β-unsaturated/α-hetero) is 3. The third kappa shape index (κ3) is 11.0. The van der Waals surface area contributed by atoms with Gasteiger partial charge in [0.05, 0.1) is 41.0 Å². The lowest BCUT2D eigenvalue weighted by atomic mass is 9.79. The molecule has 17 nitrogen and oxygen atoms in total. The van der Waals surface area contributed by atoms with Crippen molar-refractivity contribution < 1.29 is 58.3 Å². The summed E-state index contributed by atoms with van der Waals surface area (Å²) in [6, 6.07) is 9.03. The molecule has 0 radical (unpaired) electrons. The number of ether oxygens (including phenoxy) is 3. The topological polar surface area (TPSA) is 234 Å². The summed E-state index contributed by atoms with van der Waals surface area (Å²) in [5.74, 6) is -7.94. The fourth-order valence-electron chi connectivity index (χ4n) is 11.5. The Balaban J connectivity index is 1.08. The van der Waals surface area contributed by atoms with Crippen molar-refractivity contribution in [2.45, 2.75) is 131 Å². The molecular formula is C58H73N5O12. The van der Waals surface area contributed by atoms with Gasteiger partial charge in [-0.05, 0) is 51.0 Å². The highest BCUT2D eigenvalue weighted by Crippen LogP contribution is 2.50. The van der Waals surface area contributed by atoms with Gasteiger partial charge in [-0.15, -0.1) is 0 Å². The molecule has 0 unspecified atom stereocenters. The first-order valence-electron chi connectivity index (χ1n) is 26.5. The van der Waals surface area contributed by atoms with Crippen LogP contribution in [0.4, 0.5) is 0 Å². The van der Waals surface area contributed by atoms with Crippen LogP contribution in [0, 0.1) is 42.4 Å². The van der Waals surface area contributed by atoms with E-state index in [1.54, 1.807) is 69.0 Å². The monoisotopic (exact) mass is 1030 g/mol. The number of benzene rings is 2. The van der Waals surface area contributed by atoms with Gasteiger partial charge in [0.25, 0.3) is 11.7 Å². The summed E-state index contributed by atoms with van der Waals surface area (Å²) in [4.78, 5) is 93.3. The minimum atomic E-state index is -1.98. The minimum absolute atomic E-state index is 0.00566. The van der Waals surface area contributed by atoms with Gasteiger partial charge in [0.1, 0.15) is 35.4 Å². The molecule has 1 aliphatic carbocycles. The number of likely N-dealkylation sites (tertiary alicyclic amines) is 2. The number of nitrogens with zero attached hydrogens (tertiary/aromatic N) is 3. The number of hydrogen-bond donors (Lipinski definition) is 5. The van der Waals surface area contributed by atoms with E-state index in [2.05, 4.69) is 29.4 Å². The average molecular weight is 1030 g/mol. The number of aliphatic hydroxyl groups excluding tert-OH is 2. The van der Waals surface area contributed by atoms with Crippen LogP contribution >= 0.6 is 0 Å². The van der Waals surface area contributed by atoms with Gasteiger partial charge in [0, 0.05) is 98.4 Å². The smallest absolute Gasteiger partial charge is 0.315 e. The molecule has 2 aromatic carbocycles. The largest absolute Gasteiger partial charge is 0.507 e. The number of piperidine rings is 2. The van der Waals surface area contributed by atoms with Crippen LogP contribution in [0.5, 0.6) is 11.5 Å². The Morgan fingerprint density at radius 3 is 2.25 bits per heavy atom. The van der Waals surface area contributed by atoms with E-state index >= 15 is 0 Å². The van der Waals surface area contributed by atoms with E-state index in [0.29, 0.717) is 63.3 Å². The highest BCUT2D eigenvalue weighted by atomic mass is 16.7. The van der Waals surface area contributed by atoms with Gasteiger partial charge in [-0.2, -0.15) is 0 Å². The Labute approximate surface area is 439 Å². The molecule has 6 heterocycles. The van der Waals surface area contributed by atoms with Crippen LogP contribution in [0.1, 0.15) is 136 Å². The van der Waals surface area contributed by atoms with E-state index in [9.17, 15) is 44.1 Å². The standard InChI is InChI=1S/C58H73N5O12/c1-31(2)30-62-26-22-58(23-27-62)60-45-42-43-50(68)37(8)54-44(42)55(71)57(9,75-54)73-28-14-17-33(4)53(74-41(65)29-40(64)63-24-20-39(21-25-63)51(69)38-18-11-10-12-19-38)36(7)49(67)35(6)48(66)32(3)15-13-16-34(5)56(72)59-47(52(43)70)46(45)61-58/h10-16,18-19,28,31-33,35-36,39,48-49,53,61,66-68H,17,20-27,29-30H2,1-9H3,(H,59,72)/b15-13+,28-14+,34-16-/t32-,33+,35+,36+,48-,49+,53+,57-/m0/s1. The summed E-state index contributed by atoms with van der Waals surface area (Å²) in [5.41, 5.74) is 0.297. The molecule has 75 heavy (non-hydrogen) atoms. The zero-order valence-electron chi connectivity index (χ0n) is 44.6. The third-order valence-electron chi connectivity index (χ3n) is 16.1. The van der Waals surface area contributed by atoms with E-state index in [0.717, 1.165) is 6.54 Å². The molecule has 9 rings (SSSR count). The molecule has 0 aromatic heterocycles. The Bertz CT molecular complexity index is 2760. The maximum absolute atomic E-state index is 14.8. The quantitative estimate of drug-likeness (QED) is 0.114. The number of esters is 1. The SMILES string of the molecule is C/C1=C/C=C/[C@H](C)[C@H](O)[C@@H](C)[C@@H](O)[C@@H](C)[C@H](OC(=O)CC(=O)N2CCC(C(=O)c3ccccc3)CC2)[C@H](C)C/C=C/O[C@@]2(C)Oc3c(C)c(O)c4c(c3C2=O)C2=NC3(CCN(CC(C)C)CC3)NC2=C(NC1=O)C4=O. The van der Waals surface area contributed by atoms with Crippen LogP contribution in [0.3, 0.4) is 0 Å². The lowest BCUT2D eigenvalue weighted by Crippen LogP contribution is -2.50. The number of hydrogen-bond acceptors (Lipinski definition) is 15. The number of ketones is 3. The zero-order chi connectivity index (χ0) is 54.3. The summed E-state index contributed by atoms with van der Waals surface area (Å²) in [7, 11) is 0. The van der Waals surface area contributed by atoms with Gasteiger partial charge in [0.2, 0.25) is 11.7 Å². The molecule has 17 heteroatoms. The molecule has 1 spiro atoms. The van der Waals surface area contributed by atoms with Crippen LogP contribution in [0.2, 0.25) is 0 Å². The second-order valence-electron chi connectivity index (χ2n) is 22.2. The maximum Gasteiger partial charge on any atom is 0.315 e. The van der Waals surface area contributed by atoms with Crippen molar-refractivity contribution in [3.8, 4) is 11.5 Å². The molecule has 0 saturated carbocycles. The maximum atomic E-state index is 14.8. The summed E-state index contributed by atoms with van der Waals surface area (Å²) in [5, 5.41) is 41.7. The van der Waals surface area contributed by atoms with Crippen molar-refractivity contribution in [1.82, 2.24) is 20.4 Å². The number of aliphatic hydroxyl groups is 2. The predicted molar refractivity (Wildman–Crippen MR) is 280 cm³/mol. The number of fused-ring (bicyclic) bond motifs is 13. The molecule has 7 aliphatic rings. The second kappa shape index (κ2) is 22.0. The van der Waals surface area contributed by atoms with Gasteiger partial charge in [-0.25, -0.2) is 0 Å². The van der Waals surface area contributed by atoms with Crippen molar-refractivity contribution in [1.29, 1.82) is 0 Å². The molecule has 6 aliphatic heterocycles. The molecule has 8 atom stereocenters. The van der Waals surface area contributed by atoms with Crippen LogP contribution < -0.4 is 15.4 Å². The number of rotatable bonds is 7. The number of carbonyl (C=O) groups is 6. The number of aliphatic imine (C=N–C) groups is 1. The first kappa shape index (κ1) is 54.8. The lowest BCUT2D eigenvalue weighted by molar-refractivity contribution is -0.162. The highest BCUT2D eigenvalue weighted by molar-refractivity contribution is 6.34. The fraction of sp³-hybridized carbons (Fsp3) is 0.534. The van der Waals surface area contributed by atoms with E-state index in [1.165, 1.54) is 20.1 Å². The van der Waals surface area contributed by atoms with Gasteiger partial charge >= 0.3 is 11.8 Å². The average Bonchev–Trinajstić information content (AvgIpc) is 3.90. The fourth-order valence-corrected chi connectivity index (χ4v) is 11.5. The van der Waals surface area contributed by atoms with Gasteiger partial charge in [-0.3, -0.25) is 33.8 Å². The summed E-state index contributed by atoms with van der Waals surface area (Å²) in [6.07, 6.45) is 6.16. The Morgan fingerprint density at radius 2 is 1.59 bits per heavy atom. The third-order valence-corrected chi connectivity index (χ3v) is 16.1. The van der Waals surface area contributed by atoms with Crippen molar-refractivity contribution in [3.63, 3.8) is 0 Å². The molecule has 2 aromatic rings. The molecule has 5 bridgehead atoms. The molecule has 5 N–H and O–H groups in total. The predicted octanol–water partition coefficient (Wildman–Crippen LogP) is 6.48. The Kier molecular flexibility index (Phi) is 16.1. The van der Waals surface area contributed by atoms with E-state index in [1.807, 2.05) is 25.1 Å².